The number of rotatable bonds is 5. The third-order valence-electron chi connectivity index (χ3n) is 6.61. The first-order valence-corrected chi connectivity index (χ1v) is 12.7. The zero-order valence-corrected chi connectivity index (χ0v) is 19.8. The third kappa shape index (κ3) is 4.07. The van der Waals surface area contributed by atoms with E-state index in [1.807, 2.05) is 43.3 Å². The van der Waals surface area contributed by atoms with Gasteiger partial charge in [0.25, 0.3) is 10.0 Å². The van der Waals surface area contributed by atoms with Gasteiger partial charge in [0.2, 0.25) is 0 Å². The third-order valence-corrected chi connectivity index (χ3v) is 7.98. The van der Waals surface area contributed by atoms with Crippen LogP contribution >= 0.6 is 0 Å². The highest BCUT2D eigenvalue weighted by atomic mass is 32.2. The topological polar surface area (TPSA) is 84.5 Å². The van der Waals surface area contributed by atoms with E-state index in [9.17, 15) is 13.2 Å². The molecule has 5 rings (SSSR count). The molecule has 3 aromatic rings. The van der Waals surface area contributed by atoms with Crippen molar-refractivity contribution in [3.63, 3.8) is 0 Å². The Morgan fingerprint density at radius 3 is 2.59 bits per heavy atom. The molecule has 2 N–H and O–H groups in total. The molecule has 0 radical (unpaired) electrons. The monoisotopic (exact) mass is 474 g/mol. The molecular weight excluding hydrogens is 448 g/mol. The summed E-state index contributed by atoms with van der Waals surface area (Å²) in [5.74, 6) is -0.00302. The number of carbonyl (C=O) groups is 1. The number of esters is 1. The van der Waals surface area contributed by atoms with Crippen LogP contribution in [-0.4, -0.2) is 21.5 Å². The van der Waals surface area contributed by atoms with Crippen LogP contribution in [0.4, 0.5) is 11.4 Å². The van der Waals surface area contributed by atoms with E-state index in [0.717, 1.165) is 28.8 Å². The second kappa shape index (κ2) is 8.65. The highest BCUT2D eigenvalue weighted by Crippen LogP contribution is 2.50. The van der Waals surface area contributed by atoms with E-state index in [2.05, 4.69) is 22.2 Å². The zero-order valence-electron chi connectivity index (χ0n) is 19.0. The Labute approximate surface area is 199 Å². The summed E-state index contributed by atoms with van der Waals surface area (Å²) in [6.07, 6.45) is 5.22. The van der Waals surface area contributed by atoms with E-state index in [4.69, 9.17) is 4.74 Å². The van der Waals surface area contributed by atoms with Crippen LogP contribution in [0, 0.1) is 12.8 Å². The molecule has 1 aliphatic heterocycles. The zero-order chi connectivity index (χ0) is 23.9. The number of methoxy groups -OCH3 is 1. The van der Waals surface area contributed by atoms with Gasteiger partial charge in [0.15, 0.2) is 0 Å². The van der Waals surface area contributed by atoms with Crippen LogP contribution in [0.5, 0.6) is 0 Å². The number of benzene rings is 3. The van der Waals surface area contributed by atoms with E-state index >= 15 is 0 Å². The largest absolute Gasteiger partial charge is 0.465 e. The number of hydrogen-bond donors (Lipinski definition) is 2. The molecule has 1 aliphatic carbocycles. The van der Waals surface area contributed by atoms with Gasteiger partial charge in [-0.25, -0.2) is 13.2 Å². The van der Waals surface area contributed by atoms with Crippen molar-refractivity contribution in [2.24, 2.45) is 5.92 Å². The van der Waals surface area contributed by atoms with Crippen LogP contribution in [0.15, 0.2) is 83.8 Å². The SMILES string of the molecule is COC(=O)c1ccc([C@H]2Nc3ccc(S(=O)(=O)Nc4cccc(C)c4)cc3[C@H]3C=CC[C@H]32)cc1. The molecule has 0 aromatic heterocycles. The molecule has 34 heavy (non-hydrogen) atoms. The summed E-state index contributed by atoms with van der Waals surface area (Å²) in [5.41, 5.74) is 5.02. The summed E-state index contributed by atoms with van der Waals surface area (Å²) >= 11 is 0. The van der Waals surface area contributed by atoms with Crippen molar-refractivity contribution in [2.75, 3.05) is 17.1 Å². The number of nitrogens with one attached hydrogen (secondary N) is 2. The number of ether oxygens (including phenoxy) is 1. The average Bonchev–Trinajstić information content (AvgIpc) is 3.33. The highest BCUT2D eigenvalue weighted by Gasteiger charge is 2.38. The molecule has 0 amide bonds. The van der Waals surface area contributed by atoms with E-state index in [1.165, 1.54) is 7.11 Å². The molecule has 1 heterocycles. The minimum Gasteiger partial charge on any atom is -0.465 e. The van der Waals surface area contributed by atoms with E-state index in [1.54, 1.807) is 30.3 Å². The van der Waals surface area contributed by atoms with Gasteiger partial charge in [0.1, 0.15) is 0 Å². The van der Waals surface area contributed by atoms with Crippen molar-refractivity contribution in [2.45, 2.75) is 30.2 Å². The summed E-state index contributed by atoms with van der Waals surface area (Å²) in [4.78, 5) is 12.0. The molecule has 0 spiro atoms. The second-order valence-corrected chi connectivity index (χ2v) is 10.5. The number of fused-ring (bicyclic) bond motifs is 3. The Bertz CT molecular complexity index is 1380. The Morgan fingerprint density at radius 2 is 1.85 bits per heavy atom. The van der Waals surface area contributed by atoms with Gasteiger partial charge in [0.05, 0.1) is 23.6 Å². The lowest BCUT2D eigenvalue weighted by molar-refractivity contribution is 0.0600. The molecule has 0 saturated heterocycles. The van der Waals surface area contributed by atoms with Gasteiger partial charge in [-0.1, -0.05) is 36.4 Å². The molecule has 174 valence electrons. The van der Waals surface area contributed by atoms with Crippen molar-refractivity contribution in [3.8, 4) is 0 Å². The smallest absolute Gasteiger partial charge is 0.337 e. The number of hydrogen-bond acceptors (Lipinski definition) is 5. The second-order valence-electron chi connectivity index (χ2n) is 8.81. The minimum absolute atomic E-state index is 0.0482. The number of aryl methyl sites for hydroxylation is 1. The summed E-state index contributed by atoms with van der Waals surface area (Å²) in [6.45, 7) is 1.92. The maximum atomic E-state index is 13.1. The highest BCUT2D eigenvalue weighted by molar-refractivity contribution is 7.92. The summed E-state index contributed by atoms with van der Waals surface area (Å²) in [6, 6.07) is 20.1. The first kappa shape index (κ1) is 22.2. The fraction of sp³-hybridized carbons (Fsp3) is 0.222. The van der Waals surface area contributed by atoms with Gasteiger partial charge < -0.3 is 10.1 Å². The van der Waals surface area contributed by atoms with Gasteiger partial charge in [-0.2, -0.15) is 0 Å². The standard InChI is InChI=1S/C27H26N2O4S/c1-17-5-3-6-20(15-17)29-34(31,32)21-13-14-25-24(16-21)22-7-4-8-23(22)26(28-25)18-9-11-19(12-10-18)27(30)33-2/h3-7,9-16,22-23,26,28-29H,8H2,1-2H3/t22-,23+,26+/m0/s1. The lowest BCUT2D eigenvalue weighted by Gasteiger charge is -2.37. The molecule has 3 aromatic carbocycles. The van der Waals surface area contributed by atoms with Crippen LogP contribution in [0.25, 0.3) is 0 Å². The van der Waals surface area contributed by atoms with Gasteiger partial charge in [0, 0.05) is 17.3 Å². The first-order valence-electron chi connectivity index (χ1n) is 11.2. The molecule has 0 fully saturated rings. The minimum atomic E-state index is -3.72. The molecule has 2 aliphatic rings. The Hall–Kier alpha value is -3.58. The van der Waals surface area contributed by atoms with E-state index in [0.29, 0.717) is 11.3 Å². The van der Waals surface area contributed by atoms with Crippen molar-refractivity contribution in [3.05, 3.63) is 101 Å². The lowest BCUT2D eigenvalue weighted by atomic mass is 9.77. The van der Waals surface area contributed by atoms with Gasteiger partial charge >= 0.3 is 5.97 Å². The van der Waals surface area contributed by atoms with Gasteiger partial charge in [-0.05, 0) is 78.4 Å². The summed E-state index contributed by atoms with van der Waals surface area (Å²) in [5, 5.41) is 3.61. The van der Waals surface area contributed by atoms with Crippen molar-refractivity contribution < 1.29 is 17.9 Å². The lowest BCUT2D eigenvalue weighted by Crippen LogP contribution is -2.29. The van der Waals surface area contributed by atoms with Crippen LogP contribution in [-0.2, 0) is 14.8 Å². The molecule has 7 heteroatoms. The van der Waals surface area contributed by atoms with Crippen molar-refractivity contribution >= 4 is 27.4 Å². The van der Waals surface area contributed by atoms with E-state index in [-0.39, 0.29) is 28.7 Å². The van der Waals surface area contributed by atoms with Crippen LogP contribution in [0.2, 0.25) is 0 Å². The average molecular weight is 475 g/mol. The molecular formula is C27H26N2O4S. The Kier molecular flexibility index (Phi) is 5.65. The molecule has 0 saturated carbocycles. The van der Waals surface area contributed by atoms with Crippen LogP contribution < -0.4 is 10.0 Å². The molecule has 6 nitrogen and oxygen atoms in total. The predicted octanol–water partition coefficient (Wildman–Crippen LogP) is 5.41. The van der Waals surface area contributed by atoms with Crippen molar-refractivity contribution in [1.82, 2.24) is 0 Å². The number of sulfonamides is 1. The van der Waals surface area contributed by atoms with Crippen LogP contribution in [0.1, 0.15) is 45.4 Å². The van der Waals surface area contributed by atoms with Gasteiger partial charge in [-0.15, -0.1) is 0 Å². The normalized spacial score (nSPS) is 20.7. The number of allylic oxidation sites excluding steroid dienone is 2. The maximum absolute atomic E-state index is 13.1. The molecule has 0 unspecified atom stereocenters. The molecule has 0 bridgehead atoms. The summed E-state index contributed by atoms with van der Waals surface area (Å²) < 4.78 is 33.7. The fourth-order valence-electron chi connectivity index (χ4n) is 4.94. The van der Waals surface area contributed by atoms with E-state index < -0.39 is 10.0 Å². The number of anilines is 2. The van der Waals surface area contributed by atoms with Crippen molar-refractivity contribution in [1.29, 1.82) is 0 Å². The fourth-order valence-corrected chi connectivity index (χ4v) is 6.02. The first-order chi connectivity index (χ1) is 16.4. The van der Waals surface area contributed by atoms with Crippen LogP contribution in [0.3, 0.4) is 0 Å². The Morgan fingerprint density at radius 1 is 1.06 bits per heavy atom. The Balaban J connectivity index is 1.45. The summed E-state index contributed by atoms with van der Waals surface area (Å²) in [7, 11) is -2.35. The predicted molar refractivity (Wildman–Crippen MR) is 133 cm³/mol. The molecule has 3 atom stereocenters. The number of carbonyl (C=O) groups excluding carboxylic acids is 1. The van der Waals surface area contributed by atoms with Gasteiger partial charge in [-0.3, -0.25) is 4.72 Å². The quantitative estimate of drug-likeness (QED) is 0.382. The maximum Gasteiger partial charge on any atom is 0.337 e.